The molecule has 2 saturated carbocycles. The van der Waals surface area contributed by atoms with Crippen molar-refractivity contribution >= 4 is 11.9 Å². The Balaban J connectivity index is 1.50. The van der Waals surface area contributed by atoms with Crippen LogP contribution in [0.5, 0.6) is 0 Å². The molecular formula is C16H22N4O3. The number of hydrogen-bond donors (Lipinski definition) is 2. The van der Waals surface area contributed by atoms with Crippen LogP contribution in [-0.2, 0) is 4.79 Å². The number of hydrogen-bond acceptors (Lipinski definition) is 4. The van der Waals surface area contributed by atoms with Crippen molar-refractivity contribution in [2.75, 3.05) is 6.54 Å². The van der Waals surface area contributed by atoms with E-state index in [2.05, 4.69) is 15.4 Å². The number of likely N-dealkylation sites (tertiary alicyclic amines) is 1. The Labute approximate surface area is 134 Å². The molecule has 1 unspecified atom stereocenters. The molecule has 2 aliphatic carbocycles. The molecular weight excluding hydrogens is 296 g/mol. The number of carboxylic acid groups (broad SMARTS) is 1. The van der Waals surface area contributed by atoms with Crippen LogP contribution in [-0.4, -0.2) is 43.8 Å². The van der Waals surface area contributed by atoms with Crippen LogP contribution in [0.1, 0.15) is 73.6 Å². The molecule has 3 fully saturated rings. The minimum atomic E-state index is -1.10. The summed E-state index contributed by atoms with van der Waals surface area (Å²) in [6.45, 7) is 0.692. The monoisotopic (exact) mass is 318 g/mol. The zero-order valence-electron chi connectivity index (χ0n) is 13.1. The highest BCUT2D eigenvalue weighted by atomic mass is 16.4. The first-order chi connectivity index (χ1) is 11.1. The maximum atomic E-state index is 12.9. The van der Waals surface area contributed by atoms with E-state index in [0.717, 1.165) is 25.7 Å². The molecule has 1 aromatic heterocycles. The van der Waals surface area contributed by atoms with Gasteiger partial charge in [0.1, 0.15) is 5.69 Å². The van der Waals surface area contributed by atoms with E-state index in [1.54, 1.807) is 0 Å². The average Bonchev–Trinajstić information content (AvgIpc) is 2.97. The van der Waals surface area contributed by atoms with Crippen LogP contribution < -0.4 is 0 Å². The van der Waals surface area contributed by atoms with Gasteiger partial charge in [-0.25, -0.2) is 4.79 Å². The molecule has 1 spiro atoms. The molecule has 2 N–H and O–H groups in total. The van der Waals surface area contributed by atoms with Gasteiger partial charge >= 0.3 is 5.97 Å². The number of aromatic amines is 1. The van der Waals surface area contributed by atoms with Crippen molar-refractivity contribution in [3.05, 3.63) is 11.4 Å². The summed E-state index contributed by atoms with van der Waals surface area (Å²) in [5.41, 5.74) is 0.914. The molecule has 0 aromatic carbocycles. The Bertz CT molecular complexity index is 627. The van der Waals surface area contributed by atoms with Gasteiger partial charge in [-0.05, 0) is 56.8 Å². The Hall–Kier alpha value is -1.92. The molecule has 124 valence electrons. The normalized spacial score (nSPS) is 26.6. The summed E-state index contributed by atoms with van der Waals surface area (Å²) in [4.78, 5) is 26.1. The average molecular weight is 318 g/mol. The summed E-state index contributed by atoms with van der Waals surface area (Å²) in [7, 11) is 0. The predicted molar refractivity (Wildman–Crippen MR) is 80.7 cm³/mol. The van der Waals surface area contributed by atoms with Crippen LogP contribution in [0.3, 0.4) is 0 Å². The first-order valence-electron chi connectivity index (χ1n) is 8.54. The fourth-order valence-electron chi connectivity index (χ4n) is 4.33. The summed E-state index contributed by atoms with van der Waals surface area (Å²) in [5, 5.41) is 19.4. The summed E-state index contributed by atoms with van der Waals surface area (Å²) in [5.74, 6) is -0.814. The molecule has 1 amide bonds. The number of aromatic nitrogens is 3. The van der Waals surface area contributed by atoms with E-state index in [1.807, 2.05) is 4.90 Å². The van der Waals surface area contributed by atoms with Crippen molar-refractivity contribution in [1.29, 1.82) is 0 Å². The van der Waals surface area contributed by atoms with Gasteiger partial charge in [-0.3, -0.25) is 4.79 Å². The second kappa shape index (κ2) is 5.32. The van der Waals surface area contributed by atoms with Crippen molar-refractivity contribution in [3.63, 3.8) is 0 Å². The first kappa shape index (κ1) is 14.7. The molecule has 2 heterocycles. The van der Waals surface area contributed by atoms with E-state index in [0.29, 0.717) is 17.7 Å². The molecule has 4 rings (SSSR count). The molecule has 0 bridgehead atoms. The van der Waals surface area contributed by atoms with Gasteiger partial charge in [-0.15, -0.1) is 5.10 Å². The lowest BCUT2D eigenvalue weighted by Crippen LogP contribution is -2.38. The van der Waals surface area contributed by atoms with Crippen LogP contribution in [0.2, 0.25) is 0 Å². The van der Waals surface area contributed by atoms with E-state index >= 15 is 0 Å². The highest BCUT2D eigenvalue weighted by molar-refractivity contribution is 5.87. The summed E-state index contributed by atoms with van der Waals surface area (Å²) < 4.78 is 0. The number of amides is 1. The molecule has 1 saturated heterocycles. The molecule has 1 atom stereocenters. The molecule has 0 radical (unpaired) electrons. The van der Waals surface area contributed by atoms with Gasteiger partial charge < -0.3 is 10.0 Å². The van der Waals surface area contributed by atoms with Crippen molar-refractivity contribution in [1.82, 2.24) is 20.3 Å². The third-order valence-corrected chi connectivity index (χ3v) is 5.98. The Kier molecular flexibility index (Phi) is 3.39. The van der Waals surface area contributed by atoms with Gasteiger partial charge in [0, 0.05) is 12.5 Å². The molecule has 23 heavy (non-hydrogen) atoms. The third-order valence-electron chi connectivity index (χ3n) is 5.98. The number of nitrogens with one attached hydrogen (secondary N) is 1. The largest absolute Gasteiger partial charge is 0.476 e. The van der Waals surface area contributed by atoms with E-state index in [-0.39, 0.29) is 23.6 Å². The number of rotatable bonds is 3. The van der Waals surface area contributed by atoms with Crippen molar-refractivity contribution in [3.8, 4) is 0 Å². The minimum Gasteiger partial charge on any atom is -0.476 e. The number of carbonyl (C=O) groups is 2. The minimum absolute atomic E-state index is 0.0599. The Morgan fingerprint density at radius 3 is 2.52 bits per heavy atom. The molecule has 7 heteroatoms. The van der Waals surface area contributed by atoms with Crippen LogP contribution >= 0.6 is 0 Å². The zero-order valence-corrected chi connectivity index (χ0v) is 13.1. The highest BCUT2D eigenvalue weighted by Gasteiger charge is 2.47. The lowest BCUT2D eigenvalue weighted by atomic mass is 9.79. The fourth-order valence-corrected chi connectivity index (χ4v) is 4.33. The zero-order chi connectivity index (χ0) is 16.0. The fraction of sp³-hybridized carbons (Fsp3) is 0.750. The van der Waals surface area contributed by atoms with Gasteiger partial charge in [0.15, 0.2) is 5.69 Å². The Morgan fingerprint density at radius 2 is 1.87 bits per heavy atom. The van der Waals surface area contributed by atoms with Gasteiger partial charge in [0.2, 0.25) is 5.91 Å². The van der Waals surface area contributed by atoms with Crippen molar-refractivity contribution in [2.24, 2.45) is 11.3 Å². The van der Waals surface area contributed by atoms with Crippen molar-refractivity contribution in [2.45, 2.75) is 57.4 Å². The number of nitrogens with zero attached hydrogens (tertiary/aromatic N) is 3. The number of carbonyl (C=O) groups excluding carboxylic acids is 1. The molecule has 1 aliphatic heterocycles. The standard InChI is InChI=1S/C16H22N4O3/c21-14(10-3-5-16(6-4-10)7-8-16)20-9-1-2-11(20)12-13(15(22)23)18-19-17-12/h10-11H,1-9H2,(H,22,23)(H,17,18,19). The van der Waals surface area contributed by atoms with E-state index < -0.39 is 5.97 Å². The molecule has 3 aliphatic rings. The maximum Gasteiger partial charge on any atom is 0.358 e. The summed E-state index contributed by atoms with van der Waals surface area (Å²) in [6, 6.07) is -0.246. The second-order valence-electron chi connectivity index (χ2n) is 7.33. The topological polar surface area (TPSA) is 99.2 Å². The van der Waals surface area contributed by atoms with Gasteiger partial charge in [-0.1, -0.05) is 0 Å². The van der Waals surface area contributed by atoms with Gasteiger partial charge in [-0.2, -0.15) is 10.3 Å². The van der Waals surface area contributed by atoms with E-state index in [1.165, 1.54) is 25.7 Å². The molecule has 7 nitrogen and oxygen atoms in total. The Morgan fingerprint density at radius 1 is 1.13 bits per heavy atom. The summed E-state index contributed by atoms with van der Waals surface area (Å²) in [6.07, 6.45) is 8.62. The number of aromatic carboxylic acids is 1. The van der Waals surface area contributed by atoms with Crippen LogP contribution in [0, 0.1) is 11.3 Å². The lowest BCUT2D eigenvalue weighted by molar-refractivity contribution is -0.138. The van der Waals surface area contributed by atoms with Crippen LogP contribution in [0.25, 0.3) is 0 Å². The molecule has 1 aromatic rings. The lowest BCUT2D eigenvalue weighted by Gasteiger charge is -2.32. The van der Waals surface area contributed by atoms with Crippen molar-refractivity contribution < 1.29 is 14.7 Å². The van der Waals surface area contributed by atoms with E-state index in [4.69, 9.17) is 0 Å². The van der Waals surface area contributed by atoms with Gasteiger partial charge in [0.05, 0.1) is 6.04 Å². The van der Waals surface area contributed by atoms with Crippen LogP contribution in [0.15, 0.2) is 0 Å². The number of H-pyrrole nitrogens is 1. The second-order valence-corrected chi connectivity index (χ2v) is 7.33. The maximum absolute atomic E-state index is 12.9. The highest BCUT2D eigenvalue weighted by Crippen LogP contribution is 2.57. The third kappa shape index (κ3) is 2.52. The number of carboxylic acids is 1. The SMILES string of the molecule is O=C(O)c1n[nH]nc1C1CCCN1C(=O)C1CCC2(CC1)CC2. The quantitative estimate of drug-likeness (QED) is 0.889. The van der Waals surface area contributed by atoms with Crippen LogP contribution in [0.4, 0.5) is 0 Å². The van der Waals surface area contributed by atoms with Gasteiger partial charge in [0.25, 0.3) is 0 Å². The smallest absolute Gasteiger partial charge is 0.358 e. The van der Waals surface area contributed by atoms with E-state index in [9.17, 15) is 14.7 Å². The predicted octanol–water partition coefficient (Wildman–Crippen LogP) is 2.14. The first-order valence-corrected chi connectivity index (χ1v) is 8.54. The summed E-state index contributed by atoms with van der Waals surface area (Å²) >= 11 is 0.